The number of nitrogens with two attached hydrogens (primary N) is 1. The summed E-state index contributed by atoms with van der Waals surface area (Å²) in [4.78, 5) is 15.0. The van der Waals surface area contributed by atoms with Crippen molar-refractivity contribution in [2.45, 2.75) is 70.3 Å². The number of fused-ring (bicyclic) bond motifs is 3. The van der Waals surface area contributed by atoms with E-state index >= 15 is 0 Å². The van der Waals surface area contributed by atoms with Crippen LogP contribution in [0, 0.1) is 23.2 Å². The molecule has 3 aliphatic carbocycles. The normalized spacial score (nSPS) is 46.2. The molecular formula is C18H30N2O. The summed E-state index contributed by atoms with van der Waals surface area (Å²) in [6.07, 6.45) is 12.5. The van der Waals surface area contributed by atoms with Gasteiger partial charge in [0.1, 0.15) is 0 Å². The number of piperidine rings is 1. The van der Waals surface area contributed by atoms with Crippen molar-refractivity contribution in [1.29, 1.82) is 0 Å². The average Bonchev–Trinajstić information content (AvgIpc) is 3.11. The van der Waals surface area contributed by atoms with E-state index in [0.29, 0.717) is 17.4 Å². The first-order chi connectivity index (χ1) is 10.2. The van der Waals surface area contributed by atoms with Crippen molar-refractivity contribution in [2.75, 3.05) is 13.1 Å². The summed E-state index contributed by atoms with van der Waals surface area (Å²) in [7, 11) is 0. The minimum absolute atomic E-state index is 0.280. The molecule has 1 heterocycles. The molecule has 1 amide bonds. The quantitative estimate of drug-likeness (QED) is 0.807. The van der Waals surface area contributed by atoms with E-state index in [9.17, 15) is 4.79 Å². The fourth-order valence-corrected chi connectivity index (χ4v) is 6.20. The first kappa shape index (κ1) is 14.0. The Kier molecular flexibility index (Phi) is 3.52. The number of likely N-dealkylation sites (tertiary alicyclic amines) is 1. The van der Waals surface area contributed by atoms with Crippen molar-refractivity contribution < 1.29 is 4.79 Å². The van der Waals surface area contributed by atoms with Gasteiger partial charge in [0, 0.05) is 25.0 Å². The van der Waals surface area contributed by atoms with E-state index in [2.05, 4.69) is 4.90 Å². The number of carbonyl (C=O) groups excluding carboxylic acids is 1. The third kappa shape index (κ3) is 2.15. The first-order valence-electron chi connectivity index (χ1n) is 9.25. The molecule has 1 aliphatic heterocycles. The van der Waals surface area contributed by atoms with Gasteiger partial charge in [-0.25, -0.2) is 0 Å². The standard InChI is InChI=1S/C18H30N2O/c19-16-13-6-7-15(11-13)18(16)8-4-5-14(12-18)17(21)20-9-2-1-3-10-20/h13-16H,1-12,19H2/t13-,14-,15+,16-,18-/m0/s1. The molecule has 0 aromatic carbocycles. The Bertz CT molecular complexity index is 413. The lowest BCUT2D eigenvalue weighted by molar-refractivity contribution is -0.140. The number of carbonyl (C=O) groups is 1. The van der Waals surface area contributed by atoms with Gasteiger partial charge in [0.2, 0.25) is 5.91 Å². The minimum atomic E-state index is 0.280. The van der Waals surface area contributed by atoms with Crippen molar-refractivity contribution in [2.24, 2.45) is 28.9 Å². The molecule has 5 atom stereocenters. The molecule has 0 aromatic rings. The van der Waals surface area contributed by atoms with Gasteiger partial charge in [-0.1, -0.05) is 6.42 Å². The zero-order valence-corrected chi connectivity index (χ0v) is 13.2. The second kappa shape index (κ2) is 5.26. The molecule has 1 saturated heterocycles. The van der Waals surface area contributed by atoms with Gasteiger partial charge in [0.15, 0.2) is 0 Å². The van der Waals surface area contributed by atoms with Gasteiger partial charge >= 0.3 is 0 Å². The Labute approximate surface area is 128 Å². The molecular weight excluding hydrogens is 260 g/mol. The Morgan fingerprint density at radius 1 is 1.05 bits per heavy atom. The molecule has 118 valence electrons. The second-order valence-corrected chi connectivity index (χ2v) is 8.21. The smallest absolute Gasteiger partial charge is 0.225 e. The topological polar surface area (TPSA) is 46.3 Å². The van der Waals surface area contributed by atoms with Gasteiger partial charge in [-0.3, -0.25) is 4.79 Å². The summed E-state index contributed by atoms with van der Waals surface area (Å²) >= 11 is 0. The lowest BCUT2D eigenvalue weighted by atomic mass is 9.59. The fourth-order valence-electron chi connectivity index (χ4n) is 6.20. The summed E-state index contributed by atoms with van der Waals surface area (Å²) in [6.45, 7) is 2.00. The van der Waals surface area contributed by atoms with Crippen LogP contribution in [-0.2, 0) is 4.79 Å². The minimum Gasteiger partial charge on any atom is -0.342 e. The van der Waals surface area contributed by atoms with Crippen LogP contribution in [0.15, 0.2) is 0 Å². The number of rotatable bonds is 1. The van der Waals surface area contributed by atoms with Crippen molar-refractivity contribution >= 4 is 5.91 Å². The summed E-state index contributed by atoms with van der Waals surface area (Å²) in [6, 6.07) is 0.383. The van der Waals surface area contributed by atoms with E-state index < -0.39 is 0 Å². The van der Waals surface area contributed by atoms with Crippen molar-refractivity contribution in [1.82, 2.24) is 4.90 Å². The average molecular weight is 290 g/mol. The molecule has 3 nitrogen and oxygen atoms in total. The lowest BCUT2D eigenvalue weighted by Crippen LogP contribution is -2.51. The monoisotopic (exact) mass is 290 g/mol. The van der Waals surface area contributed by atoms with E-state index in [1.54, 1.807) is 0 Å². The van der Waals surface area contributed by atoms with Gasteiger partial charge in [-0.15, -0.1) is 0 Å². The van der Waals surface area contributed by atoms with Gasteiger partial charge in [-0.05, 0) is 75.0 Å². The van der Waals surface area contributed by atoms with Crippen LogP contribution in [0.3, 0.4) is 0 Å². The number of nitrogens with zero attached hydrogens (tertiary/aromatic N) is 1. The van der Waals surface area contributed by atoms with Crippen LogP contribution >= 0.6 is 0 Å². The summed E-state index contributed by atoms with van der Waals surface area (Å²) in [5, 5.41) is 0. The van der Waals surface area contributed by atoms with E-state index in [4.69, 9.17) is 5.73 Å². The van der Waals surface area contributed by atoms with E-state index in [-0.39, 0.29) is 5.92 Å². The highest BCUT2D eigenvalue weighted by Gasteiger charge is 2.58. The Morgan fingerprint density at radius 3 is 2.57 bits per heavy atom. The molecule has 2 bridgehead atoms. The lowest BCUT2D eigenvalue weighted by Gasteiger charge is -2.48. The maximum atomic E-state index is 12.9. The molecule has 4 rings (SSSR count). The highest BCUT2D eigenvalue weighted by molar-refractivity contribution is 5.79. The molecule has 4 aliphatic rings. The molecule has 21 heavy (non-hydrogen) atoms. The van der Waals surface area contributed by atoms with Gasteiger partial charge < -0.3 is 10.6 Å². The summed E-state index contributed by atoms with van der Waals surface area (Å²) in [5.41, 5.74) is 6.98. The zero-order valence-electron chi connectivity index (χ0n) is 13.2. The zero-order chi connectivity index (χ0) is 14.4. The fraction of sp³-hybridized carbons (Fsp3) is 0.944. The number of hydrogen-bond donors (Lipinski definition) is 1. The Morgan fingerprint density at radius 2 is 1.86 bits per heavy atom. The maximum Gasteiger partial charge on any atom is 0.225 e. The molecule has 3 saturated carbocycles. The van der Waals surface area contributed by atoms with E-state index in [1.165, 1.54) is 51.4 Å². The molecule has 4 fully saturated rings. The highest BCUT2D eigenvalue weighted by atomic mass is 16.2. The predicted molar refractivity (Wildman–Crippen MR) is 83.6 cm³/mol. The SMILES string of the molecule is N[C@H]1[C@H]2CC[C@H](C2)[C@@]12CCC[C@H](C(=O)N1CCCCC1)C2. The second-order valence-electron chi connectivity index (χ2n) is 8.21. The van der Waals surface area contributed by atoms with Crippen LogP contribution in [0.4, 0.5) is 0 Å². The summed E-state index contributed by atoms with van der Waals surface area (Å²) < 4.78 is 0. The molecule has 3 heteroatoms. The van der Waals surface area contributed by atoms with Gasteiger partial charge in [-0.2, -0.15) is 0 Å². The maximum absolute atomic E-state index is 12.9. The van der Waals surface area contributed by atoms with Gasteiger partial charge in [0.25, 0.3) is 0 Å². The van der Waals surface area contributed by atoms with Crippen LogP contribution in [0.5, 0.6) is 0 Å². The third-order valence-electron chi connectivity index (χ3n) is 7.30. The van der Waals surface area contributed by atoms with Crippen LogP contribution in [0.25, 0.3) is 0 Å². The molecule has 1 spiro atoms. The van der Waals surface area contributed by atoms with Crippen LogP contribution in [0.1, 0.15) is 64.2 Å². The molecule has 2 N–H and O–H groups in total. The molecule has 0 aromatic heterocycles. The van der Waals surface area contributed by atoms with Gasteiger partial charge in [0.05, 0.1) is 0 Å². The Balaban J connectivity index is 1.49. The predicted octanol–water partition coefficient (Wildman–Crippen LogP) is 2.93. The molecule has 0 unspecified atom stereocenters. The Hall–Kier alpha value is -0.570. The van der Waals surface area contributed by atoms with Crippen molar-refractivity contribution in [3.05, 3.63) is 0 Å². The van der Waals surface area contributed by atoms with Crippen LogP contribution < -0.4 is 5.73 Å². The number of hydrogen-bond acceptors (Lipinski definition) is 2. The van der Waals surface area contributed by atoms with E-state index in [1.807, 2.05) is 0 Å². The third-order valence-corrected chi connectivity index (χ3v) is 7.30. The molecule has 0 radical (unpaired) electrons. The first-order valence-corrected chi connectivity index (χ1v) is 9.25. The van der Waals surface area contributed by atoms with Crippen LogP contribution in [0.2, 0.25) is 0 Å². The highest BCUT2D eigenvalue weighted by Crippen LogP contribution is 2.61. The largest absolute Gasteiger partial charge is 0.342 e. The van der Waals surface area contributed by atoms with Crippen molar-refractivity contribution in [3.8, 4) is 0 Å². The summed E-state index contributed by atoms with van der Waals surface area (Å²) in [5.74, 6) is 2.33. The van der Waals surface area contributed by atoms with Crippen LogP contribution in [-0.4, -0.2) is 29.9 Å². The number of amides is 1. The van der Waals surface area contributed by atoms with E-state index in [0.717, 1.165) is 37.8 Å². The van der Waals surface area contributed by atoms with Crippen molar-refractivity contribution in [3.63, 3.8) is 0 Å².